The molecule has 2 aromatic rings. The number of oxazole rings is 1. The van der Waals surface area contributed by atoms with E-state index in [1.807, 2.05) is 0 Å². The number of carbonyl (C=O) groups is 1. The molecule has 2 rings (SSSR count). The van der Waals surface area contributed by atoms with Crippen molar-refractivity contribution in [2.24, 2.45) is 0 Å². The maximum absolute atomic E-state index is 11.5. The molecule has 1 aromatic carbocycles. The van der Waals surface area contributed by atoms with E-state index in [-0.39, 0.29) is 5.69 Å². The molecule has 0 N–H and O–H groups in total. The molecule has 0 saturated carbocycles. The Morgan fingerprint density at radius 2 is 2.00 bits per heavy atom. The van der Waals surface area contributed by atoms with Crippen LogP contribution in [0, 0.1) is 6.92 Å². The summed E-state index contributed by atoms with van der Waals surface area (Å²) in [6, 6.07) is 6.95. The molecule has 1 heterocycles. The molecule has 0 aliphatic heterocycles. The van der Waals surface area contributed by atoms with E-state index in [0.29, 0.717) is 16.7 Å². The highest BCUT2D eigenvalue weighted by atomic mass is 35.5. The first-order valence-electron chi connectivity index (χ1n) is 4.93. The fourth-order valence-electron chi connectivity index (χ4n) is 1.46. The number of halogens is 1. The zero-order chi connectivity index (χ0) is 12.4. The number of hydrogen-bond donors (Lipinski definition) is 0. The van der Waals surface area contributed by atoms with Crippen LogP contribution in [-0.2, 0) is 4.74 Å². The summed E-state index contributed by atoms with van der Waals surface area (Å²) in [5, 5.41) is 0.615. The van der Waals surface area contributed by atoms with Gasteiger partial charge in [0.2, 0.25) is 0 Å². The van der Waals surface area contributed by atoms with Gasteiger partial charge >= 0.3 is 5.97 Å². The van der Waals surface area contributed by atoms with Gasteiger partial charge in [0.05, 0.1) is 7.11 Å². The second-order valence-electron chi connectivity index (χ2n) is 3.41. The van der Waals surface area contributed by atoms with Crippen molar-refractivity contribution in [3.63, 3.8) is 0 Å². The Kier molecular flexibility index (Phi) is 3.15. The Labute approximate surface area is 103 Å². The second-order valence-corrected chi connectivity index (χ2v) is 3.85. The van der Waals surface area contributed by atoms with Crippen LogP contribution in [0.4, 0.5) is 0 Å². The maximum atomic E-state index is 11.5. The summed E-state index contributed by atoms with van der Waals surface area (Å²) in [7, 11) is 1.30. The van der Waals surface area contributed by atoms with Crippen LogP contribution >= 0.6 is 11.6 Å². The molecule has 0 fully saturated rings. The Bertz CT molecular complexity index is 545. The molecule has 17 heavy (non-hydrogen) atoms. The predicted octanol–water partition coefficient (Wildman–Crippen LogP) is 3.09. The third kappa shape index (κ3) is 2.31. The molecule has 0 aliphatic rings. The molecule has 0 bridgehead atoms. The summed E-state index contributed by atoms with van der Waals surface area (Å²) >= 11 is 5.80. The van der Waals surface area contributed by atoms with Crippen molar-refractivity contribution in [1.82, 2.24) is 4.98 Å². The number of hydrogen-bond acceptors (Lipinski definition) is 4. The zero-order valence-electron chi connectivity index (χ0n) is 9.36. The van der Waals surface area contributed by atoms with Gasteiger partial charge in [0.25, 0.3) is 0 Å². The van der Waals surface area contributed by atoms with Gasteiger partial charge in [-0.15, -0.1) is 0 Å². The fourth-order valence-corrected chi connectivity index (χ4v) is 1.58. The Morgan fingerprint density at radius 1 is 1.35 bits per heavy atom. The molecule has 0 spiro atoms. The lowest BCUT2D eigenvalue weighted by atomic mass is 10.1. The van der Waals surface area contributed by atoms with Crippen LogP contribution in [0.3, 0.4) is 0 Å². The zero-order valence-corrected chi connectivity index (χ0v) is 10.1. The van der Waals surface area contributed by atoms with Gasteiger partial charge in [-0.3, -0.25) is 0 Å². The molecule has 0 radical (unpaired) electrons. The van der Waals surface area contributed by atoms with E-state index in [0.717, 1.165) is 5.56 Å². The number of esters is 1. The van der Waals surface area contributed by atoms with Crippen molar-refractivity contribution in [1.29, 1.82) is 0 Å². The Balaban J connectivity index is 2.51. The van der Waals surface area contributed by atoms with Gasteiger partial charge < -0.3 is 9.15 Å². The number of carbonyl (C=O) groups excluding carboxylic acids is 1. The molecule has 0 unspecified atom stereocenters. The summed E-state index contributed by atoms with van der Waals surface area (Å²) < 4.78 is 10.1. The molecule has 0 saturated heterocycles. The third-order valence-electron chi connectivity index (χ3n) is 2.22. The minimum absolute atomic E-state index is 0.173. The van der Waals surface area contributed by atoms with E-state index >= 15 is 0 Å². The number of rotatable bonds is 2. The highest BCUT2D eigenvalue weighted by Gasteiger charge is 2.20. The summed E-state index contributed by atoms with van der Waals surface area (Å²) in [5.41, 5.74) is 0.905. The Hall–Kier alpha value is -1.81. The van der Waals surface area contributed by atoms with E-state index in [4.69, 9.17) is 16.0 Å². The number of methoxy groups -OCH3 is 1. The summed E-state index contributed by atoms with van der Waals surface area (Å²) in [6.45, 7) is 1.67. The van der Waals surface area contributed by atoms with Gasteiger partial charge in [-0.05, 0) is 24.3 Å². The van der Waals surface area contributed by atoms with Crippen molar-refractivity contribution in [3.05, 3.63) is 40.9 Å². The smallest absolute Gasteiger partial charge is 0.360 e. The molecular formula is C12H10ClNO3. The van der Waals surface area contributed by atoms with Crippen LogP contribution in [0.2, 0.25) is 5.02 Å². The molecule has 4 nitrogen and oxygen atoms in total. The van der Waals surface area contributed by atoms with Crippen molar-refractivity contribution < 1.29 is 13.9 Å². The number of aromatic nitrogens is 1. The maximum Gasteiger partial charge on any atom is 0.360 e. The first kappa shape index (κ1) is 11.7. The van der Waals surface area contributed by atoms with E-state index in [9.17, 15) is 4.79 Å². The highest BCUT2D eigenvalue weighted by Crippen LogP contribution is 2.26. The first-order valence-corrected chi connectivity index (χ1v) is 5.31. The first-order chi connectivity index (χ1) is 8.11. The largest absolute Gasteiger partial charge is 0.464 e. The van der Waals surface area contributed by atoms with Crippen molar-refractivity contribution in [2.75, 3.05) is 7.11 Å². The van der Waals surface area contributed by atoms with Gasteiger partial charge in [-0.1, -0.05) is 11.6 Å². The van der Waals surface area contributed by atoms with Crippen molar-refractivity contribution in [3.8, 4) is 11.3 Å². The predicted molar refractivity (Wildman–Crippen MR) is 63.0 cm³/mol. The average molecular weight is 252 g/mol. The van der Waals surface area contributed by atoms with Crippen LogP contribution in [0.5, 0.6) is 0 Å². The minimum atomic E-state index is -0.521. The number of ether oxygens (including phenoxy) is 1. The number of benzene rings is 1. The van der Waals surface area contributed by atoms with Gasteiger partial charge in [-0.25, -0.2) is 9.78 Å². The van der Waals surface area contributed by atoms with Crippen LogP contribution in [0.25, 0.3) is 11.3 Å². The molecule has 1 aromatic heterocycles. The van der Waals surface area contributed by atoms with Gasteiger partial charge in [0.1, 0.15) is 0 Å². The minimum Gasteiger partial charge on any atom is -0.464 e. The molecule has 0 amide bonds. The van der Waals surface area contributed by atoms with Gasteiger partial charge in [0, 0.05) is 17.5 Å². The second kappa shape index (κ2) is 4.59. The fraction of sp³-hybridized carbons (Fsp3) is 0.167. The van der Waals surface area contributed by atoms with E-state index in [1.165, 1.54) is 7.11 Å². The van der Waals surface area contributed by atoms with Gasteiger partial charge in [-0.2, -0.15) is 0 Å². The highest BCUT2D eigenvalue weighted by molar-refractivity contribution is 6.30. The monoisotopic (exact) mass is 251 g/mol. The number of aryl methyl sites for hydroxylation is 1. The van der Waals surface area contributed by atoms with Crippen LogP contribution in [0.15, 0.2) is 28.7 Å². The summed E-state index contributed by atoms with van der Waals surface area (Å²) in [4.78, 5) is 15.5. The topological polar surface area (TPSA) is 52.3 Å². The number of nitrogens with zero attached hydrogens (tertiary/aromatic N) is 1. The van der Waals surface area contributed by atoms with Gasteiger partial charge in [0.15, 0.2) is 17.3 Å². The van der Waals surface area contributed by atoms with Crippen LogP contribution in [-0.4, -0.2) is 18.1 Å². The molecular weight excluding hydrogens is 242 g/mol. The SMILES string of the molecule is COC(=O)c1nc(C)oc1-c1ccc(Cl)cc1. The quantitative estimate of drug-likeness (QED) is 0.770. The lowest BCUT2D eigenvalue weighted by Crippen LogP contribution is -2.03. The van der Waals surface area contributed by atoms with E-state index in [1.54, 1.807) is 31.2 Å². The Morgan fingerprint density at radius 3 is 2.59 bits per heavy atom. The standard InChI is InChI=1S/C12H10ClNO3/c1-7-14-10(12(15)16-2)11(17-7)8-3-5-9(13)6-4-8/h3-6H,1-2H3. The van der Waals surface area contributed by atoms with Crippen LogP contribution in [0.1, 0.15) is 16.4 Å². The molecule has 0 aliphatic carbocycles. The van der Waals surface area contributed by atoms with E-state index in [2.05, 4.69) is 9.72 Å². The third-order valence-corrected chi connectivity index (χ3v) is 2.47. The van der Waals surface area contributed by atoms with Crippen molar-refractivity contribution in [2.45, 2.75) is 6.92 Å². The lowest BCUT2D eigenvalue weighted by molar-refractivity contribution is 0.0595. The summed E-state index contributed by atoms with van der Waals surface area (Å²) in [5.74, 6) is 0.285. The van der Waals surface area contributed by atoms with E-state index < -0.39 is 5.97 Å². The normalized spacial score (nSPS) is 10.3. The lowest BCUT2D eigenvalue weighted by Gasteiger charge is -1.99. The molecule has 88 valence electrons. The molecule has 0 atom stereocenters. The average Bonchev–Trinajstić information content (AvgIpc) is 2.71. The van der Waals surface area contributed by atoms with Crippen molar-refractivity contribution >= 4 is 17.6 Å². The van der Waals surface area contributed by atoms with Crippen LogP contribution < -0.4 is 0 Å². The molecule has 5 heteroatoms. The summed E-state index contributed by atoms with van der Waals surface area (Å²) in [6.07, 6.45) is 0.